The van der Waals surface area contributed by atoms with E-state index in [-0.39, 0.29) is 11.8 Å². The number of nitrogens with two attached hydrogens (primary N) is 1. The van der Waals surface area contributed by atoms with Crippen LogP contribution in [-0.4, -0.2) is 35.9 Å². The maximum absolute atomic E-state index is 11.3. The molecule has 0 aromatic heterocycles. The van der Waals surface area contributed by atoms with E-state index in [2.05, 4.69) is 4.74 Å². The molecule has 3 N–H and O–H groups in total. The molecule has 0 radical (unpaired) electrons. The van der Waals surface area contributed by atoms with Crippen molar-refractivity contribution in [2.75, 3.05) is 13.1 Å². The van der Waals surface area contributed by atoms with Gasteiger partial charge in [0.05, 0.1) is 5.84 Å². The number of likely N-dealkylation sites (tertiary alicyclic amines) is 1. The fourth-order valence-electron chi connectivity index (χ4n) is 1.66. The number of carbonyl (C=O) groups is 2. The van der Waals surface area contributed by atoms with Gasteiger partial charge in [-0.3, -0.25) is 10.2 Å². The first-order valence-corrected chi connectivity index (χ1v) is 4.79. The fourth-order valence-corrected chi connectivity index (χ4v) is 1.66. The summed E-state index contributed by atoms with van der Waals surface area (Å²) < 4.78 is 4.45. The molecule has 6 nitrogen and oxygen atoms in total. The topological polar surface area (TPSA) is 96.5 Å². The monoisotopic (exact) mass is 213 g/mol. The van der Waals surface area contributed by atoms with E-state index in [0.29, 0.717) is 19.5 Å². The van der Waals surface area contributed by atoms with Crippen LogP contribution in [0.4, 0.5) is 4.79 Å². The van der Waals surface area contributed by atoms with Crippen molar-refractivity contribution in [1.82, 2.24) is 4.90 Å². The first kappa shape index (κ1) is 11.5. The van der Waals surface area contributed by atoms with Gasteiger partial charge in [0.25, 0.3) is 0 Å². The van der Waals surface area contributed by atoms with Crippen LogP contribution in [0.15, 0.2) is 0 Å². The minimum atomic E-state index is -0.603. The lowest BCUT2D eigenvalue weighted by atomic mass is 10.1. The van der Waals surface area contributed by atoms with Gasteiger partial charge >= 0.3 is 12.1 Å². The molecule has 0 aromatic carbocycles. The van der Waals surface area contributed by atoms with E-state index in [9.17, 15) is 9.59 Å². The van der Waals surface area contributed by atoms with Gasteiger partial charge in [-0.15, -0.1) is 0 Å². The summed E-state index contributed by atoms with van der Waals surface area (Å²) >= 11 is 0. The highest BCUT2D eigenvalue weighted by Gasteiger charge is 2.28. The molecule has 6 heteroatoms. The highest BCUT2D eigenvalue weighted by Crippen LogP contribution is 2.19. The van der Waals surface area contributed by atoms with Gasteiger partial charge < -0.3 is 15.4 Å². The molecule has 1 fully saturated rings. The standard InChI is InChI=1S/C9H15N3O3/c1-6(13)15-9(14)12-3-2-7(5-12)4-8(10)11/h7H,2-5H2,1H3,(H3,10,11). The Bertz CT molecular complexity index is 290. The first-order valence-electron chi connectivity index (χ1n) is 4.79. The van der Waals surface area contributed by atoms with Crippen molar-refractivity contribution in [2.24, 2.45) is 11.7 Å². The fraction of sp³-hybridized carbons (Fsp3) is 0.667. The van der Waals surface area contributed by atoms with E-state index < -0.39 is 12.1 Å². The Morgan fingerprint density at radius 1 is 1.60 bits per heavy atom. The lowest BCUT2D eigenvalue weighted by molar-refractivity contribution is -0.135. The maximum atomic E-state index is 11.3. The van der Waals surface area contributed by atoms with E-state index in [0.717, 1.165) is 6.42 Å². The summed E-state index contributed by atoms with van der Waals surface area (Å²) in [6.07, 6.45) is 0.685. The summed E-state index contributed by atoms with van der Waals surface area (Å²) in [5.41, 5.74) is 5.27. The molecule has 1 aliphatic heterocycles. The van der Waals surface area contributed by atoms with E-state index >= 15 is 0 Å². The number of carbonyl (C=O) groups excluding carboxylic acids is 2. The van der Waals surface area contributed by atoms with Crippen LogP contribution in [-0.2, 0) is 9.53 Å². The SMILES string of the molecule is CC(=O)OC(=O)N1CCC(CC(=N)N)C1. The van der Waals surface area contributed by atoms with Crippen molar-refractivity contribution in [2.45, 2.75) is 19.8 Å². The summed E-state index contributed by atoms with van der Waals surface area (Å²) in [6.45, 7) is 2.26. The van der Waals surface area contributed by atoms with Crippen LogP contribution in [0.1, 0.15) is 19.8 Å². The third-order valence-corrected chi connectivity index (χ3v) is 2.28. The zero-order valence-corrected chi connectivity index (χ0v) is 8.66. The van der Waals surface area contributed by atoms with Crippen molar-refractivity contribution in [3.8, 4) is 0 Å². The lowest BCUT2D eigenvalue weighted by Gasteiger charge is -2.14. The molecule has 1 rings (SSSR count). The van der Waals surface area contributed by atoms with E-state index in [4.69, 9.17) is 11.1 Å². The number of nitrogens with zero attached hydrogens (tertiary/aromatic N) is 1. The number of hydrogen-bond donors (Lipinski definition) is 2. The van der Waals surface area contributed by atoms with Crippen LogP contribution < -0.4 is 5.73 Å². The zero-order chi connectivity index (χ0) is 11.4. The molecule has 1 heterocycles. The lowest BCUT2D eigenvalue weighted by Crippen LogP contribution is -2.31. The number of hydrogen-bond acceptors (Lipinski definition) is 4. The van der Waals surface area contributed by atoms with Crippen molar-refractivity contribution in [1.29, 1.82) is 5.41 Å². The summed E-state index contributed by atoms with van der Waals surface area (Å²) in [5.74, 6) is -0.265. The Balaban J connectivity index is 2.38. The molecule has 1 aliphatic rings. The minimum Gasteiger partial charge on any atom is -0.388 e. The van der Waals surface area contributed by atoms with Crippen molar-refractivity contribution in [3.63, 3.8) is 0 Å². The maximum Gasteiger partial charge on any atom is 0.417 e. The Morgan fingerprint density at radius 3 is 2.80 bits per heavy atom. The Morgan fingerprint density at radius 2 is 2.27 bits per heavy atom. The molecule has 1 unspecified atom stereocenters. The quantitative estimate of drug-likeness (QED) is 0.299. The van der Waals surface area contributed by atoms with Crippen LogP contribution in [0, 0.1) is 11.3 Å². The molecular formula is C9H15N3O3. The zero-order valence-electron chi connectivity index (χ0n) is 8.66. The Kier molecular flexibility index (Phi) is 3.65. The second-order valence-electron chi connectivity index (χ2n) is 3.69. The largest absolute Gasteiger partial charge is 0.417 e. The highest BCUT2D eigenvalue weighted by atomic mass is 16.6. The predicted molar refractivity (Wildman–Crippen MR) is 53.4 cm³/mol. The van der Waals surface area contributed by atoms with Gasteiger partial charge in [0.15, 0.2) is 0 Å². The van der Waals surface area contributed by atoms with Crippen molar-refractivity contribution >= 4 is 17.9 Å². The second kappa shape index (κ2) is 4.77. The molecule has 1 saturated heterocycles. The molecule has 1 atom stereocenters. The normalized spacial score (nSPS) is 20.1. The van der Waals surface area contributed by atoms with Gasteiger partial charge in [0, 0.05) is 26.4 Å². The predicted octanol–water partition coefficient (Wildman–Crippen LogP) is 0.317. The van der Waals surface area contributed by atoms with Gasteiger partial charge in [-0.1, -0.05) is 0 Å². The summed E-state index contributed by atoms with van der Waals surface area (Å²) in [4.78, 5) is 23.3. The van der Waals surface area contributed by atoms with Crippen molar-refractivity contribution in [3.05, 3.63) is 0 Å². The molecule has 0 aromatic rings. The number of amidine groups is 1. The van der Waals surface area contributed by atoms with Crippen molar-refractivity contribution < 1.29 is 14.3 Å². The van der Waals surface area contributed by atoms with Gasteiger partial charge in [-0.05, 0) is 12.3 Å². The average molecular weight is 213 g/mol. The van der Waals surface area contributed by atoms with Crippen LogP contribution in [0.5, 0.6) is 0 Å². The summed E-state index contributed by atoms with van der Waals surface area (Å²) in [5, 5.41) is 7.13. The molecule has 0 spiro atoms. The number of ether oxygens (including phenoxy) is 1. The number of amides is 1. The van der Waals surface area contributed by atoms with Crippen LogP contribution in [0.25, 0.3) is 0 Å². The molecule has 0 bridgehead atoms. The summed E-state index contributed by atoms with van der Waals surface area (Å²) in [6, 6.07) is 0. The molecular weight excluding hydrogens is 198 g/mol. The molecule has 15 heavy (non-hydrogen) atoms. The van der Waals surface area contributed by atoms with E-state index in [1.54, 1.807) is 0 Å². The van der Waals surface area contributed by atoms with Crippen LogP contribution in [0.3, 0.4) is 0 Å². The smallest absolute Gasteiger partial charge is 0.388 e. The van der Waals surface area contributed by atoms with Crippen LogP contribution >= 0.6 is 0 Å². The molecule has 1 amide bonds. The molecule has 0 aliphatic carbocycles. The van der Waals surface area contributed by atoms with E-state index in [1.165, 1.54) is 11.8 Å². The Hall–Kier alpha value is -1.59. The van der Waals surface area contributed by atoms with Gasteiger partial charge in [-0.25, -0.2) is 4.79 Å². The third kappa shape index (κ3) is 3.57. The van der Waals surface area contributed by atoms with Crippen LogP contribution in [0.2, 0.25) is 0 Å². The molecule has 84 valence electrons. The van der Waals surface area contributed by atoms with Gasteiger partial charge in [-0.2, -0.15) is 0 Å². The summed E-state index contributed by atoms with van der Waals surface area (Å²) in [7, 11) is 0. The number of nitrogens with one attached hydrogen (secondary N) is 1. The third-order valence-electron chi connectivity index (χ3n) is 2.28. The Labute approximate surface area is 87.9 Å². The number of esters is 1. The first-order chi connectivity index (χ1) is 6.99. The second-order valence-corrected chi connectivity index (χ2v) is 3.69. The molecule has 0 saturated carbocycles. The van der Waals surface area contributed by atoms with E-state index in [1.807, 2.05) is 0 Å². The van der Waals surface area contributed by atoms with Gasteiger partial charge in [0.2, 0.25) is 0 Å². The van der Waals surface area contributed by atoms with Gasteiger partial charge in [0.1, 0.15) is 0 Å². The average Bonchev–Trinajstić information content (AvgIpc) is 2.50. The number of rotatable bonds is 2. The minimum absolute atomic E-state index is 0.127. The highest BCUT2D eigenvalue weighted by molar-refractivity contribution is 5.83.